The van der Waals surface area contributed by atoms with Gasteiger partial charge in [0.15, 0.2) is 0 Å². The highest BCUT2D eigenvalue weighted by atomic mass is 16.1. The molecule has 0 bridgehead atoms. The maximum Gasteiger partial charge on any atom is 0.263 e. The molecule has 0 saturated carbocycles. The lowest BCUT2D eigenvalue weighted by atomic mass is 9.82. The third kappa shape index (κ3) is 4.62. The van der Waals surface area contributed by atoms with Crippen molar-refractivity contribution in [3.05, 3.63) is 186 Å². The lowest BCUT2D eigenvalue weighted by Crippen LogP contribution is -2.19. The first kappa shape index (κ1) is 28.2. The number of rotatable bonds is 6. The molecule has 8 rings (SSSR count). The number of aromatic nitrogens is 1. The van der Waals surface area contributed by atoms with Crippen LogP contribution in [0.15, 0.2) is 170 Å². The standard InChI is InChI=1S/C45H31NO/c1-3-35-36(4-2)44(31-18-9-6-10-19-31)41-29-33(26-27-39(41)43(35)30-16-7-5-8-17-30)32-20-15-21-34(28-32)46-42-25-14-13-23-38(42)37-22-11-12-24-40(37)45(46)47/h3-29H,1-2H2. The summed E-state index contributed by atoms with van der Waals surface area (Å²) in [6, 6.07) is 52.0. The van der Waals surface area contributed by atoms with Crippen molar-refractivity contribution in [2.75, 3.05) is 0 Å². The fourth-order valence-corrected chi connectivity index (χ4v) is 7.08. The minimum Gasteiger partial charge on any atom is -0.276 e. The summed E-state index contributed by atoms with van der Waals surface area (Å²) in [5, 5.41) is 5.00. The third-order valence-corrected chi connectivity index (χ3v) is 9.15. The van der Waals surface area contributed by atoms with Crippen LogP contribution in [0.2, 0.25) is 0 Å². The molecule has 1 aromatic heterocycles. The van der Waals surface area contributed by atoms with E-state index in [1.165, 1.54) is 0 Å². The molecule has 0 atom stereocenters. The van der Waals surface area contributed by atoms with Crippen LogP contribution in [-0.4, -0.2) is 4.57 Å². The minimum atomic E-state index is -0.0265. The van der Waals surface area contributed by atoms with E-state index in [2.05, 4.69) is 98.1 Å². The molecule has 0 aliphatic rings. The van der Waals surface area contributed by atoms with E-state index in [9.17, 15) is 4.79 Å². The molecule has 7 aromatic carbocycles. The quantitative estimate of drug-likeness (QED) is 0.174. The molecule has 0 aliphatic carbocycles. The summed E-state index contributed by atoms with van der Waals surface area (Å²) in [5.41, 5.74) is 10.4. The Balaban J connectivity index is 1.41. The van der Waals surface area contributed by atoms with Gasteiger partial charge in [-0.1, -0.05) is 147 Å². The molecule has 2 heteroatoms. The Morgan fingerprint density at radius 3 is 1.62 bits per heavy atom. The molecule has 0 radical (unpaired) electrons. The first-order valence-electron chi connectivity index (χ1n) is 15.8. The van der Waals surface area contributed by atoms with Crippen LogP contribution in [-0.2, 0) is 0 Å². The zero-order valence-corrected chi connectivity index (χ0v) is 25.9. The van der Waals surface area contributed by atoms with E-state index in [1.807, 2.05) is 83.4 Å². The van der Waals surface area contributed by atoms with Crippen molar-refractivity contribution < 1.29 is 0 Å². The summed E-state index contributed by atoms with van der Waals surface area (Å²) in [6.07, 6.45) is 3.91. The van der Waals surface area contributed by atoms with Crippen molar-refractivity contribution in [2.24, 2.45) is 0 Å². The van der Waals surface area contributed by atoms with Crippen LogP contribution in [0.3, 0.4) is 0 Å². The van der Waals surface area contributed by atoms with Gasteiger partial charge in [0.05, 0.1) is 5.52 Å². The number of hydrogen-bond acceptors (Lipinski definition) is 1. The number of benzene rings is 7. The summed E-state index contributed by atoms with van der Waals surface area (Å²) in [5.74, 6) is 0. The number of fused-ring (bicyclic) bond motifs is 4. The van der Waals surface area contributed by atoms with E-state index in [4.69, 9.17) is 0 Å². The predicted octanol–water partition coefficient (Wildman–Crippen LogP) is 11.6. The smallest absolute Gasteiger partial charge is 0.263 e. The molecule has 1 heterocycles. The number of nitrogens with zero attached hydrogens (tertiary/aromatic N) is 1. The molecular weight excluding hydrogens is 571 g/mol. The van der Waals surface area contributed by atoms with Crippen molar-refractivity contribution in [3.8, 4) is 39.1 Å². The molecule has 0 saturated heterocycles. The molecule has 222 valence electrons. The topological polar surface area (TPSA) is 22.0 Å². The first-order valence-corrected chi connectivity index (χ1v) is 15.8. The molecule has 0 unspecified atom stereocenters. The molecular formula is C45H31NO. The zero-order chi connectivity index (χ0) is 31.9. The predicted molar refractivity (Wildman–Crippen MR) is 201 cm³/mol. The molecule has 0 N–H and O–H groups in total. The number of pyridine rings is 1. The highest BCUT2D eigenvalue weighted by Crippen LogP contribution is 2.44. The maximum absolute atomic E-state index is 14.0. The highest BCUT2D eigenvalue weighted by molar-refractivity contribution is 6.13. The van der Waals surface area contributed by atoms with Crippen LogP contribution in [0, 0.1) is 0 Å². The molecule has 0 aliphatic heterocycles. The molecule has 0 spiro atoms. The number of para-hydroxylation sites is 1. The Labute approximate surface area is 273 Å². The molecule has 0 amide bonds. The van der Waals surface area contributed by atoms with Gasteiger partial charge in [0, 0.05) is 16.5 Å². The summed E-state index contributed by atoms with van der Waals surface area (Å²) in [4.78, 5) is 14.0. The summed E-state index contributed by atoms with van der Waals surface area (Å²) in [6.45, 7) is 8.51. The second-order valence-electron chi connectivity index (χ2n) is 11.7. The average molecular weight is 602 g/mol. The minimum absolute atomic E-state index is 0.0265. The van der Waals surface area contributed by atoms with E-state index in [-0.39, 0.29) is 5.56 Å². The summed E-state index contributed by atoms with van der Waals surface area (Å²) in [7, 11) is 0. The molecule has 0 fully saturated rings. The Morgan fingerprint density at radius 1 is 0.426 bits per heavy atom. The second kappa shape index (κ2) is 11.6. The van der Waals surface area contributed by atoms with Gasteiger partial charge in [-0.05, 0) is 91.0 Å². The van der Waals surface area contributed by atoms with Crippen LogP contribution in [0.25, 0.3) is 83.7 Å². The Bertz CT molecular complexity index is 2560. The van der Waals surface area contributed by atoms with Crippen molar-refractivity contribution >= 4 is 44.6 Å². The van der Waals surface area contributed by atoms with E-state index >= 15 is 0 Å². The van der Waals surface area contributed by atoms with Gasteiger partial charge in [0.25, 0.3) is 5.56 Å². The lowest BCUT2D eigenvalue weighted by Gasteiger charge is -2.21. The summed E-state index contributed by atoms with van der Waals surface area (Å²) < 4.78 is 1.84. The van der Waals surface area contributed by atoms with Crippen molar-refractivity contribution in [2.45, 2.75) is 0 Å². The maximum atomic E-state index is 14.0. The van der Waals surface area contributed by atoms with E-state index in [0.29, 0.717) is 5.39 Å². The van der Waals surface area contributed by atoms with Gasteiger partial charge in [-0.2, -0.15) is 0 Å². The number of hydrogen-bond donors (Lipinski definition) is 0. The largest absolute Gasteiger partial charge is 0.276 e. The zero-order valence-electron chi connectivity index (χ0n) is 25.9. The molecule has 8 aromatic rings. The Morgan fingerprint density at radius 2 is 0.957 bits per heavy atom. The van der Waals surface area contributed by atoms with E-state index < -0.39 is 0 Å². The lowest BCUT2D eigenvalue weighted by molar-refractivity contribution is 1.06. The van der Waals surface area contributed by atoms with E-state index in [0.717, 1.165) is 77.3 Å². The van der Waals surface area contributed by atoms with Gasteiger partial charge >= 0.3 is 0 Å². The van der Waals surface area contributed by atoms with Crippen molar-refractivity contribution in [1.29, 1.82) is 0 Å². The highest BCUT2D eigenvalue weighted by Gasteiger charge is 2.20. The van der Waals surface area contributed by atoms with Crippen molar-refractivity contribution in [1.82, 2.24) is 4.57 Å². The van der Waals surface area contributed by atoms with Crippen LogP contribution in [0.1, 0.15) is 11.1 Å². The van der Waals surface area contributed by atoms with Gasteiger partial charge < -0.3 is 0 Å². The van der Waals surface area contributed by atoms with Gasteiger partial charge in [-0.15, -0.1) is 0 Å². The third-order valence-electron chi connectivity index (χ3n) is 9.15. The van der Waals surface area contributed by atoms with Crippen LogP contribution < -0.4 is 5.56 Å². The van der Waals surface area contributed by atoms with E-state index in [1.54, 1.807) is 0 Å². The van der Waals surface area contributed by atoms with Crippen LogP contribution in [0.5, 0.6) is 0 Å². The van der Waals surface area contributed by atoms with Crippen LogP contribution >= 0.6 is 0 Å². The SMILES string of the molecule is C=Cc1c(C=C)c(-c2ccccc2)c2cc(-c3cccc(-n4c(=O)c5ccccc5c5ccccc54)c3)ccc2c1-c1ccccc1. The second-order valence-corrected chi connectivity index (χ2v) is 11.7. The van der Waals surface area contributed by atoms with Gasteiger partial charge in [0.1, 0.15) is 0 Å². The first-order chi connectivity index (χ1) is 23.2. The normalized spacial score (nSPS) is 11.2. The molecule has 2 nitrogen and oxygen atoms in total. The summed E-state index contributed by atoms with van der Waals surface area (Å²) >= 11 is 0. The molecule has 47 heavy (non-hydrogen) atoms. The fourth-order valence-electron chi connectivity index (χ4n) is 7.08. The van der Waals surface area contributed by atoms with Gasteiger partial charge in [-0.3, -0.25) is 9.36 Å². The monoisotopic (exact) mass is 601 g/mol. The fraction of sp³-hybridized carbons (Fsp3) is 0. The van der Waals surface area contributed by atoms with Gasteiger partial charge in [0.2, 0.25) is 0 Å². The van der Waals surface area contributed by atoms with Crippen LogP contribution in [0.4, 0.5) is 0 Å². The average Bonchev–Trinajstić information content (AvgIpc) is 3.14. The Kier molecular flexibility index (Phi) is 6.97. The Hall–Kier alpha value is -6.25. The van der Waals surface area contributed by atoms with Gasteiger partial charge in [-0.25, -0.2) is 0 Å². The van der Waals surface area contributed by atoms with Crippen molar-refractivity contribution in [3.63, 3.8) is 0 Å².